The van der Waals surface area contributed by atoms with Crippen LogP contribution in [0.1, 0.15) is 10.5 Å². The van der Waals surface area contributed by atoms with E-state index in [2.05, 4.69) is 20.9 Å². The average Bonchev–Trinajstić information content (AvgIpc) is 2.54. The number of esters is 1. The number of ether oxygens (including phenoxy) is 2. The van der Waals surface area contributed by atoms with Crippen molar-refractivity contribution in [3.8, 4) is 5.75 Å². The van der Waals surface area contributed by atoms with Crippen molar-refractivity contribution in [2.24, 2.45) is 0 Å². The first-order valence-electron chi connectivity index (χ1n) is 6.25. The van der Waals surface area contributed by atoms with Crippen LogP contribution < -0.4 is 10.5 Å². The van der Waals surface area contributed by atoms with Gasteiger partial charge in [0.05, 0.1) is 10.7 Å². The highest BCUT2D eigenvalue weighted by Crippen LogP contribution is 2.34. The van der Waals surface area contributed by atoms with Gasteiger partial charge >= 0.3 is 5.97 Å². The fourth-order valence-electron chi connectivity index (χ4n) is 1.56. The van der Waals surface area contributed by atoms with Gasteiger partial charge in [0.1, 0.15) is 24.0 Å². The number of nitrogen functional groups attached to an aromatic ring is 1. The predicted molar refractivity (Wildman–Crippen MR) is 93.6 cm³/mol. The lowest BCUT2D eigenvalue weighted by Gasteiger charge is -2.10. The molecule has 0 amide bonds. The van der Waals surface area contributed by atoms with E-state index in [1.54, 1.807) is 12.1 Å². The molecule has 0 aliphatic carbocycles. The summed E-state index contributed by atoms with van der Waals surface area (Å²) in [7, 11) is 0. The highest BCUT2D eigenvalue weighted by atomic mass is 79.9. The molecule has 0 unspecified atom stereocenters. The van der Waals surface area contributed by atoms with Gasteiger partial charge in [0.2, 0.25) is 0 Å². The quantitative estimate of drug-likeness (QED) is 0.417. The third-order valence-corrected chi connectivity index (χ3v) is 4.33. The van der Waals surface area contributed by atoms with Gasteiger partial charge in [-0.3, -0.25) is 0 Å². The number of carbonyl (C=O) groups is 1. The lowest BCUT2D eigenvalue weighted by Crippen LogP contribution is -2.15. The van der Waals surface area contributed by atoms with Crippen molar-refractivity contribution in [2.75, 3.05) is 18.9 Å². The minimum Gasteiger partial charge on any atom is -0.490 e. The number of carbonyl (C=O) groups excluding carboxylic acids is 1. The largest absolute Gasteiger partial charge is 0.490 e. The summed E-state index contributed by atoms with van der Waals surface area (Å²) >= 11 is 20.8. The van der Waals surface area contributed by atoms with Crippen LogP contribution in [0, 0.1) is 0 Å². The molecule has 0 atom stereocenters. The molecule has 0 fully saturated rings. The first kappa shape index (κ1) is 18.1. The Morgan fingerprint density at radius 2 is 1.78 bits per heavy atom. The zero-order valence-electron chi connectivity index (χ0n) is 11.5. The Morgan fingerprint density at radius 3 is 2.43 bits per heavy atom. The van der Waals surface area contributed by atoms with Crippen molar-refractivity contribution in [3.05, 3.63) is 49.6 Å². The first-order valence-corrected chi connectivity index (χ1v) is 8.18. The van der Waals surface area contributed by atoms with Gasteiger partial charge in [-0.15, -0.1) is 0 Å². The number of aromatic nitrogens is 1. The van der Waals surface area contributed by atoms with E-state index in [4.69, 9.17) is 50.0 Å². The molecule has 1 heterocycles. The Kier molecular flexibility index (Phi) is 6.35. The number of hydrogen-bond donors (Lipinski definition) is 1. The summed E-state index contributed by atoms with van der Waals surface area (Å²) in [6.45, 7) is 0.175. The summed E-state index contributed by atoms with van der Waals surface area (Å²) in [4.78, 5) is 15.7. The molecular weight excluding hydrogens is 430 g/mol. The Hall–Kier alpha value is -1.21. The van der Waals surface area contributed by atoms with Gasteiger partial charge in [-0.05, 0) is 24.3 Å². The number of anilines is 1. The fourth-order valence-corrected chi connectivity index (χ4v) is 2.41. The van der Waals surface area contributed by atoms with Crippen LogP contribution in [-0.2, 0) is 4.74 Å². The van der Waals surface area contributed by atoms with Gasteiger partial charge in [-0.2, -0.15) is 0 Å². The molecule has 0 spiro atoms. The topological polar surface area (TPSA) is 74.4 Å². The van der Waals surface area contributed by atoms with Crippen molar-refractivity contribution in [1.82, 2.24) is 4.98 Å². The summed E-state index contributed by atoms with van der Waals surface area (Å²) in [6, 6.07) is 7.24. The van der Waals surface area contributed by atoms with Gasteiger partial charge < -0.3 is 15.2 Å². The SMILES string of the molecule is Nc1c(Cl)c(Cl)nc(C(=O)OCCOc2ccc(Br)cc2)c1Cl. The zero-order valence-corrected chi connectivity index (χ0v) is 15.3. The van der Waals surface area contributed by atoms with Gasteiger partial charge in [-0.25, -0.2) is 9.78 Å². The maximum absolute atomic E-state index is 11.9. The second kappa shape index (κ2) is 8.06. The van der Waals surface area contributed by atoms with Crippen molar-refractivity contribution in [2.45, 2.75) is 0 Å². The van der Waals surface area contributed by atoms with E-state index < -0.39 is 5.97 Å². The summed E-state index contributed by atoms with van der Waals surface area (Å²) in [5.74, 6) is -0.112. The molecule has 0 aliphatic heterocycles. The molecule has 1 aromatic carbocycles. The molecular formula is C14H10BrCl3N2O3. The minimum absolute atomic E-state index is 0.00700. The third-order valence-electron chi connectivity index (χ3n) is 2.66. The average molecular weight is 441 g/mol. The van der Waals surface area contributed by atoms with Crippen LogP contribution in [0.5, 0.6) is 5.75 Å². The summed E-state index contributed by atoms with van der Waals surface area (Å²) in [6.07, 6.45) is 0. The molecule has 0 radical (unpaired) electrons. The summed E-state index contributed by atoms with van der Waals surface area (Å²) in [5, 5.41) is -0.225. The van der Waals surface area contributed by atoms with Crippen LogP contribution in [0.3, 0.4) is 0 Å². The van der Waals surface area contributed by atoms with E-state index in [1.165, 1.54) is 0 Å². The van der Waals surface area contributed by atoms with E-state index in [1.807, 2.05) is 12.1 Å². The number of nitrogens with zero attached hydrogens (tertiary/aromatic N) is 1. The maximum atomic E-state index is 11.9. The monoisotopic (exact) mass is 438 g/mol. The molecule has 1 aromatic heterocycles. The minimum atomic E-state index is -0.764. The molecule has 23 heavy (non-hydrogen) atoms. The van der Waals surface area contributed by atoms with E-state index in [0.717, 1.165) is 4.47 Å². The lowest BCUT2D eigenvalue weighted by atomic mass is 10.3. The smallest absolute Gasteiger partial charge is 0.358 e. The van der Waals surface area contributed by atoms with Crippen LogP contribution >= 0.6 is 50.7 Å². The number of halogens is 4. The van der Waals surface area contributed by atoms with E-state index in [-0.39, 0.29) is 39.8 Å². The zero-order chi connectivity index (χ0) is 17.0. The van der Waals surface area contributed by atoms with Crippen LogP contribution in [0.25, 0.3) is 0 Å². The van der Waals surface area contributed by atoms with Crippen LogP contribution in [0.4, 0.5) is 5.69 Å². The lowest BCUT2D eigenvalue weighted by molar-refractivity contribution is 0.0444. The number of rotatable bonds is 5. The number of benzene rings is 1. The molecule has 0 saturated carbocycles. The maximum Gasteiger partial charge on any atom is 0.358 e. The molecule has 0 saturated heterocycles. The van der Waals surface area contributed by atoms with Crippen molar-refractivity contribution in [3.63, 3.8) is 0 Å². The molecule has 0 bridgehead atoms. The van der Waals surface area contributed by atoms with Crippen LogP contribution in [0.15, 0.2) is 28.7 Å². The van der Waals surface area contributed by atoms with Gasteiger partial charge in [0.15, 0.2) is 10.8 Å². The summed E-state index contributed by atoms with van der Waals surface area (Å²) < 4.78 is 11.4. The molecule has 9 heteroatoms. The highest BCUT2D eigenvalue weighted by Gasteiger charge is 2.20. The Balaban J connectivity index is 1.91. The number of pyridine rings is 1. The molecule has 0 aliphatic rings. The molecule has 2 N–H and O–H groups in total. The molecule has 5 nitrogen and oxygen atoms in total. The fraction of sp³-hybridized carbons (Fsp3) is 0.143. The standard InChI is InChI=1S/C14H10BrCl3N2O3/c15-7-1-3-8(4-2-7)22-5-6-23-14(21)12-9(16)11(19)10(17)13(18)20-12/h1-4H,5-6H2,(H2,19,20). The predicted octanol–water partition coefficient (Wildman–Crippen LogP) is 4.62. The van der Waals surface area contributed by atoms with Crippen molar-refractivity contribution >= 4 is 62.4 Å². The van der Waals surface area contributed by atoms with Crippen LogP contribution in [0.2, 0.25) is 15.2 Å². The van der Waals surface area contributed by atoms with E-state index in [9.17, 15) is 4.79 Å². The van der Waals surface area contributed by atoms with E-state index in [0.29, 0.717) is 5.75 Å². The molecule has 2 rings (SSSR count). The van der Waals surface area contributed by atoms with Crippen LogP contribution in [-0.4, -0.2) is 24.2 Å². The third kappa shape index (κ3) is 4.64. The first-order chi connectivity index (χ1) is 10.9. The second-order valence-electron chi connectivity index (χ2n) is 4.23. The van der Waals surface area contributed by atoms with Gasteiger partial charge in [0.25, 0.3) is 0 Å². The number of nitrogens with two attached hydrogens (primary N) is 1. The molecule has 2 aromatic rings. The van der Waals surface area contributed by atoms with Gasteiger partial charge in [-0.1, -0.05) is 50.7 Å². The Bertz CT molecular complexity index is 726. The van der Waals surface area contributed by atoms with Crippen molar-refractivity contribution < 1.29 is 14.3 Å². The highest BCUT2D eigenvalue weighted by molar-refractivity contribution is 9.10. The van der Waals surface area contributed by atoms with E-state index >= 15 is 0 Å². The van der Waals surface area contributed by atoms with Gasteiger partial charge in [0, 0.05) is 4.47 Å². The Morgan fingerprint density at radius 1 is 1.13 bits per heavy atom. The number of hydrogen-bond acceptors (Lipinski definition) is 5. The second-order valence-corrected chi connectivity index (χ2v) is 6.26. The Labute approximate surface area is 155 Å². The normalized spacial score (nSPS) is 10.4. The summed E-state index contributed by atoms with van der Waals surface area (Å²) in [5.41, 5.74) is 5.43. The van der Waals surface area contributed by atoms with Crippen molar-refractivity contribution in [1.29, 1.82) is 0 Å². The molecule has 122 valence electrons.